The maximum atomic E-state index is 13.3. The summed E-state index contributed by atoms with van der Waals surface area (Å²) in [6.45, 7) is 4.09. The molecule has 0 aliphatic carbocycles. The number of carbonyl (C=O) groups is 1. The van der Waals surface area contributed by atoms with Crippen LogP contribution < -0.4 is 5.69 Å². The van der Waals surface area contributed by atoms with Crippen LogP contribution in [0.1, 0.15) is 31.3 Å². The minimum Gasteiger partial charge on any atom is -0.381 e. The number of carbonyl (C=O) groups excluding carboxylic acids is 1. The number of halogens is 2. The quantitative estimate of drug-likeness (QED) is 0.746. The molecule has 0 radical (unpaired) electrons. The van der Waals surface area contributed by atoms with E-state index in [4.69, 9.17) is 16.3 Å². The Kier molecular flexibility index (Phi) is 5.29. The lowest BCUT2D eigenvalue weighted by Crippen LogP contribution is -2.44. The van der Waals surface area contributed by atoms with Crippen LogP contribution in [0.15, 0.2) is 23.0 Å². The molecule has 0 saturated carbocycles. The first-order chi connectivity index (χ1) is 12.4. The molecule has 0 N–H and O–H groups in total. The Labute approximate surface area is 155 Å². The summed E-state index contributed by atoms with van der Waals surface area (Å²) in [4.78, 5) is 24.6. The molecule has 0 spiro atoms. The van der Waals surface area contributed by atoms with Crippen molar-refractivity contribution in [2.45, 2.75) is 39.0 Å². The van der Waals surface area contributed by atoms with Crippen molar-refractivity contribution in [3.63, 3.8) is 0 Å². The third-order valence-electron chi connectivity index (χ3n) is 5.16. The molecule has 3 rings (SSSR count). The summed E-state index contributed by atoms with van der Waals surface area (Å²) in [7, 11) is 1.60. The van der Waals surface area contributed by atoms with Crippen molar-refractivity contribution in [2.24, 2.45) is 11.8 Å². The van der Waals surface area contributed by atoms with Crippen LogP contribution in [0.3, 0.4) is 0 Å². The van der Waals surface area contributed by atoms with E-state index >= 15 is 0 Å². The van der Waals surface area contributed by atoms with Gasteiger partial charge in [0.25, 0.3) is 0 Å². The Balaban J connectivity index is 1.99. The molecule has 1 aromatic carbocycles. The normalized spacial score (nSPS) is 23.5. The van der Waals surface area contributed by atoms with E-state index in [0.29, 0.717) is 17.8 Å². The zero-order valence-corrected chi connectivity index (χ0v) is 15.6. The van der Waals surface area contributed by atoms with Gasteiger partial charge < -0.3 is 9.53 Å². The van der Waals surface area contributed by atoms with Gasteiger partial charge in [-0.2, -0.15) is 5.10 Å². The van der Waals surface area contributed by atoms with Crippen molar-refractivity contribution in [2.75, 3.05) is 7.11 Å². The minimum atomic E-state index is -0.623. The molecule has 4 atom stereocenters. The number of fused-ring (bicyclic) bond motifs is 1. The Hall–Kier alpha value is -1.99. The van der Waals surface area contributed by atoms with E-state index in [-0.39, 0.29) is 35.2 Å². The highest BCUT2D eigenvalue weighted by Crippen LogP contribution is 2.35. The monoisotopic (exact) mass is 381 g/mol. The molecule has 0 bridgehead atoms. The van der Waals surface area contributed by atoms with Gasteiger partial charge in [-0.25, -0.2) is 13.9 Å². The molecular formula is C18H21ClFN3O3. The summed E-state index contributed by atoms with van der Waals surface area (Å²) in [5.41, 5.74) is 0.296. The third kappa shape index (κ3) is 3.21. The first-order valence-electron chi connectivity index (χ1n) is 8.47. The summed E-state index contributed by atoms with van der Waals surface area (Å²) in [5.74, 6) is 0.0919. The van der Waals surface area contributed by atoms with Crippen molar-refractivity contribution >= 4 is 17.9 Å². The number of hydrogen-bond donors (Lipinski definition) is 0. The molecular weight excluding hydrogens is 361 g/mol. The van der Waals surface area contributed by atoms with E-state index in [2.05, 4.69) is 5.10 Å². The van der Waals surface area contributed by atoms with Crippen LogP contribution in [0.4, 0.5) is 4.39 Å². The molecule has 0 amide bonds. The standard InChI is InChI=1S/C18H21ClFN3O3/c1-10-6-16-21-22(8-12-4-5-14(20)13(19)7-12)18(25)23(16)15(9-24)17(10)11(2)26-3/h4-5,7,9-11,15,17H,6,8H2,1-3H3. The lowest BCUT2D eigenvalue weighted by molar-refractivity contribution is -0.115. The van der Waals surface area contributed by atoms with E-state index in [0.717, 1.165) is 6.29 Å². The van der Waals surface area contributed by atoms with Crippen molar-refractivity contribution < 1.29 is 13.9 Å². The molecule has 2 heterocycles. The number of methoxy groups -OCH3 is 1. The minimum absolute atomic E-state index is 0.00658. The van der Waals surface area contributed by atoms with Crippen LogP contribution in [0.5, 0.6) is 0 Å². The van der Waals surface area contributed by atoms with E-state index in [9.17, 15) is 14.0 Å². The van der Waals surface area contributed by atoms with Gasteiger partial charge in [-0.3, -0.25) is 4.57 Å². The SMILES string of the molecule is COC(C)C1C(C)Cc2nn(Cc3ccc(F)c(Cl)c3)c(=O)n2C1C=O. The second-order valence-corrected chi connectivity index (χ2v) is 7.21. The molecule has 1 aromatic heterocycles. The van der Waals surface area contributed by atoms with Gasteiger partial charge in [0.2, 0.25) is 0 Å². The summed E-state index contributed by atoms with van der Waals surface area (Å²) in [6.07, 6.45) is 1.20. The van der Waals surface area contributed by atoms with E-state index in [1.54, 1.807) is 13.2 Å². The van der Waals surface area contributed by atoms with Crippen LogP contribution in [-0.2, 0) is 22.5 Å². The lowest BCUT2D eigenvalue weighted by atomic mass is 9.79. The molecule has 8 heteroatoms. The topological polar surface area (TPSA) is 66.1 Å². The Morgan fingerprint density at radius 3 is 2.85 bits per heavy atom. The third-order valence-corrected chi connectivity index (χ3v) is 5.45. The second kappa shape index (κ2) is 7.32. The largest absolute Gasteiger partial charge is 0.381 e. The van der Waals surface area contributed by atoms with Gasteiger partial charge in [0.15, 0.2) is 0 Å². The predicted octanol–water partition coefficient (Wildman–Crippen LogP) is 2.47. The fourth-order valence-corrected chi connectivity index (χ4v) is 4.00. The van der Waals surface area contributed by atoms with Crippen molar-refractivity contribution in [1.82, 2.24) is 14.3 Å². The summed E-state index contributed by atoms with van der Waals surface area (Å²) in [6, 6.07) is 3.66. The van der Waals surface area contributed by atoms with Gasteiger partial charge in [-0.1, -0.05) is 24.6 Å². The van der Waals surface area contributed by atoms with Crippen LogP contribution in [0.25, 0.3) is 0 Å². The molecule has 1 aliphatic rings. The first-order valence-corrected chi connectivity index (χ1v) is 8.85. The molecule has 6 nitrogen and oxygen atoms in total. The van der Waals surface area contributed by atoms with E-state index in [1.807, 2.05) is 13.8 Å². The average Bonchev–Trinajstić information content (AvgIpc) is 2.91. The van der Waals surface area contributed by atoms with Gasteiger partial charge in [-0.05, 0) is 30.5 Å². The van der Waals surface area contributed by atoms with Crippen LogP contribution in [0, 0.1) is 17.7 Å². The average molecular weight is 382 g/mol. The predicted molar refractivity (Wildman–Crippen MR) is 94.9 cm³/mol. The van der Waals surface area contributed by atoms with Crippen molar-refractivity contribution in [1.29, 1.82) is 0 Å². The van der Waals surface area contributed by atoms with Crippen LogP contribution >= 0.6 is 11.6 Å². The second-order valence-electron chi connectivity index (χ2n) is 6.80. The Morgan fingerprint density at radius 1 is 1.50 bits per heavy atom. The molecule has 4 unspecified atom stereocenters. The first kappa shape index (κ1) is 18.8. The van der Waals surface area contributed by atoms with Crippen molar-refractivity contribution in [3.05, 3.63) is 50.9 Å². The fourth-order valence-electron chi connectivity index (χ4n) is 3.80. The summed E-state index contributed by atoms with van der Waals surface area (Å²) < 4.78 is 21.5. The number of aromatic nitrogens is 3. The van der Waals surface area contributed by atoms with Gasteiger partial charge in [0.05, 0.1) is 17.7 Å². The number of benzene rings is 1. The number of rotatable bonds is 5. The van der Waals surface area contributed by atoms with Gasteiger partial charge in [0.1, 0.15) is 24.0 Å². The highest BCUT2D eigenvalue weighted by Gasteiger charge is 2.40. The molecule has 2 aromatic rings. The summed E-state index contributed by atoms with van der Waals surface area (Å²) >= 11 is 5.81. The number of nitrogens with zero attached hydrogens (tertiary/aromatic N) is 3. The van der Waals surface area contributed by atoms with E-state index in [1.165, 1.54) is 21.4 Å². The maximum Gasteiger partial charge on any atom is 0.346 e. The zero-order valence-electron chi connectivity index (χ0n) is 14.9. The number of aldehydes is 1. The van der Waals surface area contributed by atoms with Gasteiger partial charge in [-0.15, -0.1) is 0 Å². The molecule has 0 fully saturated rings. The fraction of sp³-hybridized carbons (Fsp3) is 0.500. The van der Waals surface area contributed by atoms with Crippen LogP contribution in [0.2, 0.25) is 5.02 Å². The highest BCUT2D eigenvalue weighted by molar-refractivity contribution is 6.30. The molecule has 26 heavy (non-hydrogen) atoms. The number of hydrogen-bond acceptors (Lipinski definition) is 4. The van der Waals surface area contributed by atoms with Crippen LogP contribution in [-0.4, -0.2) is 33.8 Å². The molecule has 1 aliphatic heterocycles. The Bertz CT molecular complexity index is 879. The van der Waals surface area contributed by atoms with E-state index < -0.39 is 11.9 Å². The van der Waals surface area contributed by atoms with Crippen molar-refractivity contribution in [3.8, 4) is 0 Å². The molecule has 0 saturated heterocycles. The maximum absolute atomic E-state index is 13.3. The van der Waals surface area contributed by atoms with Gasteiger partial charge in [0, 0.05) is 19.4 Å². The molecule has 140 valence electrons. The Morgan fingerprint density at radius 2 is 2.23 bits per heavy atom. The smallest absolute Gasteiger partial charge is 0.346 e. The number of ether oxygens (including phenoxy) is 1. The van der Waals surface area contributed by atoms with Gasteiger partial charge >= 0.3 is 5.69 Å². The zero-order chi connectivity index (χ0) is 19.0. The summed E-state index contributed by atoms with van der Waals surface area (Å²) in [5, 5.41) is 4.39. The highest BCUT2D eigenvalue weighted by atomic mass is 35.5. The lowest BCUT2D eigenvalue weighted by Gasteiger charge is -2.37.